The van der Waals surface area contributed by atoms with Crippen LogP contribution < -0.4 is 0 Å². The van der Waals surface area contributed by atoms with E-state index in [9.17, 15) is 8.42 Å². The van der Waals surface area contributed by atoms with Gasteiger partial charge < -0.3 is 9.47 Å². The predicted octanol–water partition coefficient (Wildman–Crippen LogP) is -0.505. The Bertz CT molecular complexity index is 160. The van der Waals surface area contributed by atoms with Crippen molar-refractivity contribution < 1.29 is 22.4 Å². The largest absolute Gasteiger partial charge is 0.359 e. The minimum absolute atomic E-state index is 0.0372. The number of methoxy groups -OCH3 is 1. The van der Waals surface area contributed by atoms with Crippen LogP contribution in [0.1, 0.15) is 0 Å². The van der Waals surface area contributed by atoms with Crippen LogP contribution in [0.4, 0.5) is 0 Å². The third-order valence-electron chi connectivity index (χ3n) is 0.687. The SMILES string of the molecule is COCOCCS(=O)(=O)O. The Labute approximate surface area is 59.7 Å². The van der Waals surface area contributed by atoms with Crippen molar-refractivity contribution in [3.05, 3.63) is 0 Å². The molecule has 0 saturated carbocycles. The van der Waals surface area contributed by atoms with Crippen molar-refractivity contribution in [2.24, 2.45) is 0 Å². The van der Waals surface area contributed by atoms with Crippen LogP contribution in [0.3, 0.4) is 0 Å². The molecule has 0 aliphatic rings. The van der Waals surface area contributed by atoms with Crippen LogP contribution in [0.5, 0.6) is 0 Å². The summed E-state index contributed by atoms with van der Waals surface area (Å²) in [5, 5.41) is 0. The van der Waals surface area contributed by atoms with Gasteiger partial charge in [0.2, 0.25) is 0 Å². The molecule has 0 radical (unpaired) electrons. The van der Waals surface area contributed by atoms with Crippen LogP contribution in [0, 0.1) is 0 Å². The summed E-state index contributed by atoms with van der Waals surface area (Å²) in [5.74, 6) is -0.393. The Morgan fingerprint density at radius 2 is 2.10 bits per heavy atom. The molecule has 0 unspecified atom stereocenters. The minimum Gasteiger partial charge on any atom is -0.359 e. The first-order valence-electron chi connectivity index (χ1n) is 2.58. The van der Waals surface area contributed by atoms with Crippen molar-refractivity contribution in [3.8, 4) is 0 Å². The summed E-state index contributed by atoms with van der Waals surface area (Å²) in [6.45, 7) is -0.0117. The van der Waals surface area contributed by atoms with Crippen LogP contribution in [0.15, 0.2) is 0 Å². The van der Waals surface area contributed by atoms with E-state index in [1.165, 1.54) is 7.11 Å². The second-order valence-electron chi connectivity index (χ2n) is 1.60. The average Bonchev–Trinajstić information content (AvgIpc) is 1.78. The zero-order chi connectivity index (χ0) is 8.04. The smallest absolute Gasteiger partial charge is 0.267 e. The number of ether oxygens (including phenoxy) is 2. The summed E-state index contributed by atoms with van der Waals surface area (Å²) in [6, 6.07) is 0. The normalized spacial score (nSPS) is 11.8. The molecule has 0 atom stereocenters. The highest BCUT2D eigenvalue weighted by Crippen LogP contribution is 1.82. The van der Waals surface area contributed by atoms with Crippen LogP contribution in [-0.2, 0) is 19.6 Å². The Kier molecular flexibility index (Phi) is 4.54. The molecule has 0 bridgehead atoms. The van der Waals surface area contributed by atoms with Gasteiger partial charge in [-0.3, -0.25) is 4.55 Å². The number of rotatable bonds is 5. The summed E-state index contributed by atoms with van der Waals surface area (Å²) < 4.78 is 37.3. The summed E-state index contributed by atoms with van der Waals surface area (Å²) in [5.41, 5.74) is 0. The van der Waals surface area contributed by atoms with Crippen molar-refractivity contribution >= 4 is 10.1 Å². The molecule has 0 heterocycles. The highest BCUT2D eigenvalue weighted by atomic mass is 32.2. The zero-order valence-electron chi connectivity index (χ0n) is 5.61. The fraction of sp³-hybridized carbons (Fsp3) is 1.00. The molecule has 62 valence electrons. The molecule has 0 aliphatic carbocycles. The van der Waals surface area contributed by atoms with Gasteiger partial charge in [0.25, 0.3) is 10.1 Å². The van der Waals surface area contributed by atoms with Gasteiger partial charge in [-0.05, 0) is 0 Å². The number of hydrogen-bond acceptors (Lipinski definition) is 4. The third kappa shape index (κ3) is 7.83. The van der Waals surface area contributed by atoms with Gasteiger partial charge in [0.05, 0.1) is 12.4 Å². The number of hydrogen-bond donors (Lipinski definition) is 1. The summed E-state index contributed by atoms with van der Waals surface area (Å²) in [4.78, 5) is 0. The van der Waals surface area contributed by atoms with Gasteiger partial charge in [0, 0.05) is 7.11 Å². The maximum Gasteiger partial charge on any atom is 0.267 e. The molecular formula is C4H10O5S. The van der Waals surface area contributed by atoms with Gasteiger partial charge in [0.1, 0.15) is 6.79 Å². The lowest BCUT2D eigenvalue weighted by Gasteiger charge is -1.98. The lowest BCUT2D eigenvalue weighted by atomic mass is 10.9. The maximum absolute atomic E-state index is 10.0. The second-order valence-corrected chi connectivity index (χ2v) is 3.17. The van der Waals surface area contributed by atoms with E-state index >= 15 is 0 Å². The molecule has 0 saturated heterocycles. The van der Waals surface area contributed by atoms with Crippen molar-refractivity contribution in [2.45, 2.75) is 0 Å². The molecule has 5 nitrogen and oxygen atoms in total. The molecule has 0 fully saturated rings. The fourth-order valence-electron chi connectivity index (χ4n) is 0.306. The summed E-state index contributed by atoms with van der Waals surface area (Å²) in [6.07, 6.45) is 0. The first-order valence-corrected chi connectivity index (χ1v) is 4.19. The van der Waals surface area contributed by atoms with Gasteiger partial charge in [-0.25, -0.2) is 0 Å². The highest BCUT2D eigenvalue weighted by Gasteiger charge is 2.02. The molecule has 0 aliphatic heterocycles. The van der Waals surface area contributed by atoms with Crippen LogP contribution in [-0.4, -0.2) is 39.2 Å². The fourth-order valence-corrected chi connectivity index (χ4v) is 0.635. The van der Waals surface area contributed by atoms with E-state index in [2.05, 4.69) is 9.47 Å². The average molecular weight is 170 g/mol. The third-order valence-corrected chi connectivity index (χ3v) is 1.37. The van der Waals surface area contributed by atoms with Crippen LogP contribution in [0.25, 0.3) is 0 Å². The van der Waals surface area contributed by atoms with Crippen molar-refractivity contribution in [1.82, 2.24) is 0 Å². The van der Waals surface area contributed by atoms with Gasteiger partial charge >= 0.3 is 0 Å². The van der Waals surface area contributed by atoms with E-state index in [1.54, 1.807) is 0 Å². The standard InChI is InChI=1S/C4H10O5S/c1-8-4-9-2-3-10(5,6)7/h2-4H2,1H3,(H,5,6,7). The first-order chi connectivity index (χ1) is 4.56. The summed E-state index contributed by atoms with van der Waals surface area (Å²) in [7, 11) is -2.46. The van der Waals surface area contributed by atoms with Crippen molar-refractivity contribution in [2.75, 3.05) is 26.3 Å². The monoisotopic (exact) mass is 170 g/mol. The maximum atomic E-state index is 10.0. The molecule has 0 aromatic heterocycles. The highest BCUT2D eigenvalue weighted by molar-refractivity contribution is 7.85. The van der Waals surface area contributed by atoms with E-state index in [-0.39, 0.29) is 13.4 Å². The molecule has 0 aromatic carbocycles. The van der Waals surface area contributed by atoms with E-state index in [0.29, 0.717) is 0 Å². The summed E-state index contributed by atoms with van der Waals surface area (Å²) >= 11 is 0. The Morgan fingerprint density at radius 3 is 2.50 bits per heavy atom. The predicted molar refractivity (Wildman–Crippen MR) is 34.2 cm³/mol. The first kappa shape index (κ1) is 9.83. The molecule has 0 rings (SSSR count). The van der Waals surface area contributed by atoms with E-state index in [0.717, 1.165) is 0 Å². The lowest BCUT2D eigenvalue weighted by Crippen LogP contribution is -2.11. The quantitative estimate of drug-likeness (QED) is 0.342. The van der Waals surface area contributed by atoms with Gasteiger partial charge in [-0.15, -0.1) is 0 Å². The molecule has 1 N–H and O–H groups in total. The molecular weight excluding hydrogens is 160 g/mol. The molecule has 0 spiro atoms. The van der Waals surface area contributed by atoms with Crippen molar-refractivity contribution in [1.29, 1.82) is 0 Å². The molecule has 10 heavy (non-hydrogen) atoms. The van der Waals surface area contributed by atoms with Gasteiger partial charge in [-0.1, -0.05) is 0 Å². The molecule has 0 aromatic rings. The minimum atomic E-state index is -3.89. The van der Waals surface area contributed by atoms with Crippen LogP contribution in [0.2, 0.25) is 0 Å². The Hall–Kier alpha value is -0.170. The van der Waals surface area contributed by atoms with Crippen molar-refractivity contribution in [3.63, 3.8) is 0 Å². The van der Waals surface area contributed by atoms with Gasteiger partial charge in [0.15, 0.2) is 0 Å². The molecule has 0 amide bonds. The van der Waals surface area contributed by atoms with E-state index in [4.69, 9.17) is 4.55 Å². The van der Waals surface area contributed by atoms with E-state index in [1.807, 2.05) is 0 Å². The van der Waals surface area contributed by atoms with Gasteiger partial charge in [-0.2, -0.15) is 8.42 Å². The Morgan fingerprint density at radius 1 is 1.50 bits per heavy atom. The van der Waals surface area contributed by atoms with E-state index < -0.39 is 15.9 Å². The lowest BCUT2D eigenvalue weighted by molar-refractivity contribution is -0.0244. The Balaban J connectivity index is 3.21. The second kappa shape index (κ2) is 4.62. The zero-order valence-corrected chi connectivity index (χ0v) is 6.43. The van der Waals surface area contributed by atoms with Crippen LogP contribution >= 0.6 is 0 Å². The topological polar surface area (TPSA) is 72.8 Å². The molecule has 6 heteroatoms.